The number of amides is 2. The van der Waals surface area contributed by atoms with Crippen molar-refractivity contribution in [2.75, 3.05) is 18.1 Å². The minimum atomic E-state index is -3.04. The second kappa shape index (κ2) is 6.11. The molecule has 0 saturated carbocycles. The van der Waals surface area contributed by atoms with Gasteiger partial charge in [0.25, 0.3) is 0 Å². The Hall–Kier alpha value is -1.11. The summed E-state index contributed by atoms with van der Waals surface area (Å²) in [6.07, 6.45) is 0.414. The molecule has 1 heterocycles. The molecule has 1 aliphatic heterocycles. The first-order chi connectivity index (χ1) is 9.04. The highest BCUT2D eigenvalue weighted by Crippen LogP contribution is 2.18. The van der Waals surface area contributed by atoms with Crippen LogP contribution in [0.25, 0.3) is 0 Å². The predicted molar refractivity (Wildman–Crippen MR) is 76.8 cm³/mol. The van der Waals surface area contributed by atoms with Crippen LogP contribution in [0.1, 0.15) is 34.1 Å². The Kier molecular flexibility index (Phi) is 5.18. The molecule has 2 N–H and O–H groups in total. The zero-order chi connectivity index (χ0) is 15.6. The van der Waals surface area contributed by atoms with E-state index in [1.807, 2.05) is 13.8 Å². The molecule has 0 spiro atoms. The van der Waals surface area contributed by atoms with Crippen LogP contribution >= 0.6 is 0 Å². The quantitative estimate of drug-likeness (QED) is 0.704. The number of hydrogen-bond donors (Lipinski definition) is 2. The van der Waals surface area contributed by atoms with Gasteiger partial charge >= 0.3 is 0 Å². The van der Waals surface area contributed by atoms with Crippen LogP contribution in [-0.2, 0) is 19.4 Å². The van der Waals surface area contributed by atoms with E-state index in [9.17, 15) is 18.0 Å². The molecule has 1 fully saturated rings. The molecule has 0 aliphatic carbocycles. The molecule has 1 aliphatic rings. The van der Waals surface area contributed by atoms with Crippen molar-refractivity contribution in [2.45, 2.75) is 40.2 Å². The standard InChI is InChI=1S/C13H24N2O4S/c1-9(2)7-14-11(16)13(3,4)12(17)15-10-5-6-20(18,19)8-10/h9-10H,5-8H2,1-4H3,(H,14,16)(H,15,17). The monoisotopic (exact) mass is 304 g/mol. The molecule has 6 nitrogen and oxygen atoms in total. The van der Waals surface area contributed by atoms with E-state index in [1.54, 1.807) is 13.8 Å². The molecule has 0 bridgehead atoms. The molecule has 7 heteroatoms. The molecular formula is C13H24N2O4S. The van der Waals surface area contributed by atoms with Gasteiger partial charge in [-0.05, 0) is 26.2 Å². The van der Waals surface area contributed by atoms with Gasteiger partial charge in [-0.3, -0.25) is 9.59 Å². The van der Waals surface area contributed by atoms with Gasteiger partial charge in [-0.25, -0.2) is 8.42 Å². The van der Waals surface area contributed by atoms with Gasteiger partial charge in [0.2, 0.25) is 11.8 Å². The summed E-state index contributed by atoms with van der Waals surface area (Å²) in [6, 6.07) is -0.385. The van der Waals surface area contributed by atoms with Crippen molar-refractivity contribution in [3.05, 3.63) is 0 Å². The Balaban J connectivity index is 2.58. The van der Waals surface area contributed by atoms with Crippen molar-refractivity contribution >= 4 is 21.7 Å². The second-order valence-corrected chi connectivity index (χ2v) is 8.53. The lowest BCUT2D eigenvalue weighted by Gasteiger charge is -2.25. The third kappa shape index (κ3) is 4.47. The molecule has 116 valence electrons. The summed E-state index contributed by atoms with van der Waals surface area (Å²) in [5.41, 5.74) is -1.21. The molecule has 1 saturated heterocycles. The lowest BCUT2D eigenvalue weighted by molar-refractivity contribution is -0.141. The van der Waals surface area contributed by atoms with Crippen LogP contribution in [0, 0.1) is 11.3 Å². The van der Waals surface area contributed by atoms with Gasteiger partial charge in [-0.1, -0.05) is 13.8 Å². The molecule has 1 unspecified atom stereocenters. The van der Waals surface area contributed by atoms with Crippen molar-refractivity contribution in [1.29, 1.82) is 0 Å². The maximum atomic E-state index is 12.2. The Bertz CT molecular complexity index is 483. The van der Waals surface area contributed by atoms with E-state index in [0.29, 0.717) is 18.9 Å². The first-order valence-electron chi connectivity index (χ1n) is 6.84. The number of nitrogens with one attached hydrogen (secondary N) is 2. The molecule has 20 heavy (non-hydrogen) atoms. The van der Waals surface area contributed by atoms with Crippen LogP contribution in [0.15, 0.2) is 0 Å². The van der Waals surface area contributed by atoms with Crippen molar-refractivity contribution < 1.29 is 18.0 Å². The van der Waals surface area contributed by atoms with Crippen LogP contribution in [-0.4, -0.2) is 44.3 Å². The first-order valence-corrected chi connectivity index (χ1v) is 8.66. The van der Waals surface area contributed by atoms with E-state index in [-0.39, 0.29) is 23.5 Å². The van der Waals surface area contributed by atoms with Gasteiger partial charge in [-0.15, -0.1) is 0 Å². The minimum absolute atomic E-state index is 0.0393. The van der Waals surface area contributed by atoms with Gasteiger partial charge in [-0.2, -0.15) is 0 Å². The number of sulfone groups is 1. The van der Waals surface area contributed by atoms with Crippen LogP contribution < -0.4 is 10.6 Å². The lowest BCUT2D eigenvalue weighted by Crippen LogP contribution is -2.51. The molecule has 2 amide bonds. The fourth-order valence-electron chi connectivity index (χ4n) is 1.90. The highest BCUT2D eigenvalue weighted by molar-refractivity contribution is 7.91. The molecule has 1 atom stereocenters. The smallest absolute Gasteiger partial charge is 0.235 e. The molecular weight excluding hydrogens is 280 g/mol. The zero-order valence-corrected chi connectivity index (χ0v) is 13.3. The highest BCUT2D eigenvalue weighted by Gasteiger charge is 2.38. The fraction of sp³-hybridized carbons (Fsp3) is 0.846. The van der Waals surface area contributed by atoms with E-state index < -0.39 is 21.2 Å². The zero-order valence-electron chi connectivity index (χ0n) is 12.5. The van der Waals surface area contributed by atoms with E-state index in [2.05, 4.69) is 10.6 Å². The average Bonchev–Trinajstić information content (AvgIpc) is 2.65. The van der Waals surface area contributed by atoms with Crippen LogP contribution in [0.5, 0.6) is 0 Å². The van der Waals surface area contributed by atoms with Crippen LogP contribution in [0.3, 0.4) is 0 Å². The van der Waals surface area contributed by atoms with E-state index in [4.69, 9.17) is 0 Å². The fourth-order valence-corrected chi connectivity index (χ4v) is 3.57. The van der Waals surface area contributed by atoms with E-state index in [0.717, 1.165) is 0 Å². The highest BCUT2D eigenvalue weighted by atomic mass is 32.2. The summed E-state index contributed by atoms with van der Waals surface area (Å²) in [5, 5.41) is 5.39. The largest absolute Gasteiger partial charge is 0.355 e. The summed E-state index contributed by atoms with van der Waals surface area (Å²) in [4.78, 5) is 24.2. The van der Waals surface area contributed by atoms with Crippen molar-refractivity contribution in [1.82, 2.24) is 10.6 Å². The number of rotatable bonds is 5. The molecule has 0 aromatic heterocycles. The Labute approximate surface area is 120 Å². The number of carbonyl (C=O) groups excluding carboxylic acids is 2. The van der Waals surface area contributed by atoms with Gasteiger partial charge in [0.1, 0.15) is 5.41 Å². The van der Waals surface area contributed by atoms with Crippen molar-refractivity contribution in [3.63, 3.8) is 0 Å². The normalized spacial score (nSPS) is 21.8. The summed E-state index contributed by atoms with van der Waals surface area (Å²) in [7, 11) is -3.04. The maximum Gasteiger partial charge on any atom is 0.235 e. The second-order valence-electron chi connectivity index (χ2n) is 6.30. The molecule has 0 aromatic carbocycles. The summed E-state index contributed by atoms with van der Waals surface area (Å²) in [6.45, 7) is 7.53. The van der Waals surface area contributed by atoms with Gasteiger partial charge in [0, 0.05) is 12.6 Å². The summed E-state index contributed by atoms with van der Waals surface area (Å²) < 4.78 is 22.7. The van der Waals surface area contributed by atoms with Crippen LogP contribution in [0.4, 0.5) is 0 Å². The maximum absolute atomic E-state index is 12.2. The predicted octanol–water partition coefficient (Wildman–Crippen LogP) is 0.0881. The first kappa shape index (κ1) is 16.9. The van der Waals surface area contributed by atoms with E-state index >= 15 is 0 Å². The summed E-state index contributed by atoms with van der Waals surface area (Å²) in [5.74, 6) is -0.413. The Morgan fingerprint density at radius 1 is 1.25 bits per heavy atom. The number of hydrogen-bond acceptors (Lipinski definition) is 4. The molecule has 0 radical (unpaired) electrons. The van der Waals surface area contributed by atoms with E-state index in [1.165, 1.54) is 0 Å². The SMILES string of the molecule is CC(C)CNC(=O)C(C)(C)C(=O)NC1CCS(=O)(=O)C1. The van der Waals surface area contributed by atoms with Crippen molar-refractivity contribution in [2.24, 2.45) is 11.3 Å². The molecule has 0 aromatic rings. The van der Waals surface area contributed by atoms with Gasteiger partial charge in [0.15, 0.2) is 9.84 Å². The Morgan fingerprint density at radius 3 is 2.30 bits per heavy atom. The molecule has 1 rings (SSSR count). The minimum Gasteiger partial charge on any atom is -0.355 e. The third-order valence-corrected chi connectivity index (χ3v) is 5.14. The lowest BCUT2D eigenvalue weighted by atomic mass is 9.90. The summed E-state index contributed by atoms with van der Waals surface area (Å²) >= 11 is 0. The van der Waals surface area contributed by atoms with Crippen LogP contribution in [0.2, 0.25) is 0 Å². The van der Waals surface area contributed by atoms with Gasteiger partial charge in [0.05, 0.1) is 11.5 Å². The Morgan fingerprint density at radius 2 is 1.85 bits per heavy atom. The third-order valence-electron chi connectivity index (χ3n) is 3.37. The van der Waals surface area contributed by atoms with Crippen molar-refractivity contribution in [3.8, 4) is 0 Å². The number of carbonyl (C=O) groups is 2. The average molecular weight is 304 g/mol. The van der Waals surface area contributed by atoms with Gasteiger partial charge < -0.3 is 10.6 Å². The topological polar surface area (TPSA) is 92.3 Å².